The highest BCUT2D eigenvalue weighted by molar-refractivity contribution is 7.78. The average Bonchev–Trinajstić information content (AvgIpc) is 2.19. The fourth-order valence-corrected chi connectivity index (χ4v) is 1.08. The van der Waals surface area contributed by atoms with Gasteiger partial charge in [0.15, 0.2) is 0 Å². The van der Waals surface area contributed by atoms with Crippen molar-refractivity contribution >= 4 is 17.6 Å². The van der Waals surface area contributed by atoms with Gasteiger partial charge in [-0.3, -0.25) is 0 Å². The summed E-state index contributed by atoms with van der Waals surface area (Å²) in [6.45, 7) is 0.918. The van der Waals surface area contributed by atoms with Crippen molar-refractivity contribution in [3.05, 3.63) is 0 Å². The van der Waals surface area contributed by atoms with Gasteiger partial charge in [0.25, 0.3) is 0 Å². The second-order valence-electron chi connectivity index (χ2n) is 1.98. The van der Waals surface area contributed by atoms with Gasteiger partial charge < -0.3 is 4.74 Å². The van der Waals surface area contributed by atoms with Crippen LogP contribution in [-0.4, -0.2) is 18.1 Å². The van der Waals surface area contributed by atoms with Crippen LogP contribution in [0.15, 0.2) is 0 Å². The second kappa shape index (κ2) is 3.15. The first-order valence-corrected chi connectivity index (χ1v) is 3.31. The van der Waals surface area contributed by atoms with Crippen molar-refractivity contribution in [1.29, 1.82) is 0 Å². The Kier molecular flexibility index (Phi) is 2.43. The van der Waals surface area contributed by atoms with Gasteiger partial charge in [0, 0.05) is 18.4 Å². The fourth-order valence-electron chi connectivity index (χ4n) is 0.898. The monoisotopic (exact) mass is 129 g/mol. The van der Waals surface area contributed by atoms with Crippen molar-refractivity contribution in [3.8, 4) is 0 Å². The largest absolute Gasteiger partial charge is 0.378 e. The van der Waals surface area contributed by atoms with Crippen LogP contribution in [0.1, 0.15) is 19.3 Å². The van der Waals surface area contributed by atoms with E-state index in [9.17, 15) is 0 Å². The molecule has 0 aliphatic carbocycles. The minimum Gasteiger partial charge on any atom is -0.378 e. The molecule has 1 aliphatic rings. The lowest BCUT2D eigenvalue weighted by Crippen LogP contribution is -2.03. The maximum absolute atomic E-state index is 5.26. The molecule has 1 heterocycles. The van der Waals surface area contributed by atoms with E-state index in [0.29, 0.717) is 6.10 Å². The van der Waals surface area contributed by atoms with E-state index < -0.39 is 0 Å². The van der Waals surface area contributed by atoms with E-state index in [4.69, 9.17) is 4.74 Å². The molecule has 1 aliphatic heterocycles. The van der Waals surface area contributed by atoms with Crippen LogP contribution >= 0.6 is 12.2 Å². The lowest BCUT2D eigenvalue weighted by Gasteiger charge is -2.01. The predicted molar refractivity (Wildman–Crippen MR) is 36.2 cm³/mol. The fraction of sp³-hybridized carbons (Fsp3) is 0.833. The zero-order valence-corrected chi connectivity index (χ0v) is 5.54. The van der Waals surface area contributed by atoms with Gasteiger partial charge in [0.05, 0.1) is 6.10 Å². The van der Waals surface area contributed by atoms with Gasteiger partial charge in [0.1, 0.15) is 0 Å². The Hall–Kier alpha value is 0.0500. The van der Waals surface area contributed by atoms with Crippen LogP contribution in [0.3, 0.4) is 0 Å². The molecule has 0 aromatic rings. The molecule has 0 spiro atoms. The Labute approximate surface area is 55.0 Å². The Morgan fingerprint density at radius 2 is 2.62 bits per heavy atom. The summed E-state index contributed by atoms with van der Waals surface area (Å²) in [4.78, 5) is 0. The summed E-state index contributed by atoms with van der Waals surface area (Å²) < 4.78 is 5.26. The molecule has 45 valence electrons. The lowest BCUT2D eigenvalue weighted by molar-refractivity contribution is 0.118. The third-order valence-corrected chi connectivity index (χ3v) is 1.50. The van der Waals surface area contributed by atoms with Crippen LogP contribution in [0.5, 0.6) is 0 Å². The SMILES string of the molecule is S=[C]CC1CCCO1. The summed E-state index contributed by atoms with van der Waals surface area (Å²) in [5.41, 5.74) is 0. The molecule has 1 nitrogen and oxygen atoms in total. The summed E-state index contributed by atoms with van der Waals surface area (Å²) in [6.07, 6.45) is 3.59. The van der Waals surface area contributed by atoms with Gasteiger partial charge in [-0.05, 0) is 12.8 Å². The van der Waals surface area contributed by atoms with Gasteiger partial charge in [-0.25, -0.2) is 0 Å². The molecule has 8 heavy (non-hydrogen) atoms. The van der Waals surface area contributed by atoms with E-state index in [0.717, 1.165) is 13.0 Å². The maximum Gasteiger partial charge on any atom is 0.0624 e. The van der Waals surface area contributed by atoms with Crippen LogP contribution in [0, 0.1) is 0 Å². The van der Waals surface area contributed by atoms with E-state index in [2.05, 4.69) is 17.6 Å². The van der Waals surface area contributed by atoms with E-state index in [1.54, 1.807) is 0 Å². The minimum absolute atomic E-state index is 0.396. The molecule has 1 saturated heterocycles. The smallest absolute Gasteiger partial charge is 0.0624 e. The topological polar surface area (TPSA) is 9.23 Å². The van der Waals surface area contributed by atoms with Crippen LogP contribution < -0.4 is 0 Å². The zero-order chi connectivity index (χ0) is 5.82. The van der Waals surface area contributed by atoms with Crippen molar-refractivity contribution in [2.45, 2.75) is 25.4 Å². The van der Waals surface area contributed by atoms with E-state index in [1.807, 2.05) is 0 Å². The maximum atomic E-state index is 5.26. The van der Waals surface area contributed by atoms with Crippen LogP contribution in [0.4, 0.5) is 0 Å². The number of ether oxygens (including phenoxy) is 1. The standard InChI is InChI=1S/C6H9OS/c8-5-3-6-2-1-4-7-6/h6H,1-4H2. The molecule has 0 saturated carbocycles. The van der Waals surface area contributed by atoms with Gasteiger partial charge in [-0.15, -0.1) is 0 Å². The average molecular weight is 129 g/mol. The first kappa shape index (κ1) is 6.17. The number of rotatable bonds is 2. The molecule has 2 heteroatoms. The molecule has 0 aromatic carbocycles. The van der Waals surface area contributed by atoms with E-state index in [-0.39, 0.29) is 0 Å². The van der Waals surface area contributed by atoms with Gasteiger partial charge in [-0.1, -0.05) is 12.2 Å². The predicted octanol–water partition coefficient (Wildman–Crippen LogP) is 1.43. The Balaban J connectivity index is 2.14. The number of hydrogen-bond acceptors (Lipinski definition) is 2. The van der Waals surface area contributed by atoms with Crippen molar-refractivity contribution in [1.82, 2.24) is 0 Å². The number of hydrogen-bond donors (Lipinski definition) is 0. The van der Waals surface area contributed by atoms with Crippen molar-refractivity contribution in [2.75, 3.05) is 6.61 Å². The van der Waals surface area contributed by atoms with Crippen LogP contribution in [0.2, 0.25) is 0 Å². The van der Waals surface area contributed by atoms with Crippen LogP contribution in [-0.2, 0) is 4.74 Å². The summed E-state index contributed by atoms with van der Waals surface area (Å²) in [7, 11) is 0. The van der Waals surface area contributed by atoms with E-state index >= 15 is 0 Å². The molecule has 1 rings (SSSR count). The van der Waals surface area contributed by atoms with Gasteiger partial charge in [-0.2, -0.15) is 0 Å². The highest BCUT2D eigenvalue weighted by atomic mass is 32.1. The lowest BCUT2D eigenvalue weighted by atomic mass is 10.2. The van der Waals surface area contributed by atoms with Crippen molar-refractivity contribution in [3.63, 3.8) is 0 Å². The third kappa shape index (κ3) is 1.53. The molecule has 1 unspecified atom stereocenters. The number of thiocarbonyl (C=S) groups is 1. The molecule has 1 radical (unpaired) electrons. The third-order valence-electron chi connectivity index (χ3n) is 1.33. The van der Waals surface area contributed by atoms with Crippen molar-refractivity contribution in [2.24, 2.45) is 0 Å². The summed E-state index contributed by atoms with van der Waals surface area (Å²) in [6, 6.07) is 0. The van der Waals surface area contributed by atoms with Crippen molar-refractivity contribution < 1.29 is 4.74 Å². The highest BCUT2D eigenvalue weighted by Gasteiger charge is 2.12. The molecular formula is C6H9OS. The van der Waals surface area contributed by atoms with Gasteiger partial charge in [0.2, 0.25) is 0 Å². The summed E-state index contributed by atoms with van der Waals surface area (Å²) in [5, 5.41) is 2.67. The first-order chi connectivity index (χ1) is 3.93. The Bertz CT molecular complexity index is 76.6. The zero-order valence-electron chi connectivity index (χ0n) is 4.72. The summed E-state index contributed by atoms with van der Waals surface area (Å²) >= 11 is 4.56. The molecule has 0 amide bonds. The quantitative estimate of drug-likeness (QED) is 0.522. The highest BCUT2D eigenvalue weighted by Crippen LogP contribution is 2.13. The molecule has 1 fully saturated rings. The summed E-state index contributed by atoms with van der Waals surface area (Å²) in [5.74, 6) is 0. The first-order valence-electron chi connectivity index (χ1n) is 2.90. The Morgan fingerprint density at radius 1 is 1.75 bits per heavy atom. The minimum atomic E-state index is 0.396. The second-order valence-corrected chi connectivity index (χ2v) is 2.27. The molecule has 0 N–H and O–H groups in total. The normalized spacial score (nSPS) is 28.2. The molecule has 0 bridgehead atoms. The van der Waals surface area contributed by atoms with Gasteiger partial charge >= 0.3 is 0 Å². The Morgan fingerprint density at radius 3 is 3.12 bits per heavy atom. The molecule has 0 aromatic heterocycles. The van der Waals surface area contributed by atoms with E-state index in [1.165, 1.54) is 12.8 Å². The molecular weight excluding hydrogens is 120 g/mol. The van der Waals surface area contributed by atoms with Crippen LogP contribution in [0.25, 0.3) is 0 Å². The molecule has 1 atom stereocenters.